The summed E-state index contributed by atoms with van der Waals surface area (Å²) in [4.78, 5) is 38.6. The fourth-order valence-corrected chi connectivity index (χ4v) is 2.79. The molecule has 1 aliphatic heterocycles. The largest absolute Gasteiger partial charge is 0.508 e. The summed E-state index contributed by atoms with van der Waals surface area (Å²) in [5.41, 5.74) is -0.825. The monoisotopic (exact) mass is 422 g/mol. The Balaban J connectivity index is 2.11. The topological polar surface area (TPSA) is 99.6 Å². The molecule has 0 amide bonds. The van der Waals surface area contributed by atoms with Gasteiger partial charge in [0.05, 0.1) is 17.5 Å². The molecular formula is C14H16BrClN2O6. The highest BCUT2D eigenvalue weighted by Crippen LogP contribution is 2.31. The van der Waals surface area contributed by atoms with Gasteiger partial charge in [0, 0.05) is 12.6 Å². The molecule has 24 heavy (non-hydrogen) atoms. The molecule has 0 radical (unpaired) electrons. The normalized spacial score (nSPS) is 23.5. The molecule has 10 heteroatoms. The average molecular weight is 424 g/mol. The van der Waals surface area contributed by atoms with Crippen molar-refractivity contribution in [1.29, 1.82) is 0 Å². The Labute approximate surface area is 150 Å². The number of nitrogens with one attached hydrogen (secondary N) is 1. The van der Waals surface area contributed by atoms with Crippen LogP contribution < -0.4 is 11.2 Å². The summed E-state index contributed by atoms with van der Waals surface area (Å²) in [7, 11) is 0. The van der Waals surface area contributed by atoms with Crippen LogP contribution in [0.1, 0.15) is 25.1 Å². The van der Waals surface area contributed by atoms with Crippen LogP contribution in [0.2, 0.25) is 0 Å². The second-order valence-corrected chi connectivity index (χ2v) is 6.01. The summed E-state index contributed by atoms with van der Waals surface area (Å²) >= 11 is 9.28. The third kappa shape index (κ3) is 4.49. The second-order valence-electron chi connectivity index (χ2n) is 4.92. The number of hydrogen-bond acceptors (Lipinski definition) is 6. The van der Waals surface area contributed by atoms with Gasteiger partial charge in [0.1, 0.15) is 18.9 Å². The average Bonchev–Trinajstić information content (AvgIpc) is 2.89. The second kappa shape index (κ2) is 8.50. The van der Waals surface area contributed by atoms with Crippen molar-refractivity contribution in [2.45, 2.75) is 31.1 Å². The number of alkyl halides is 1. The number of ether oxygens (including phenoxy) is 3. The Morgan fingerprint density at radius 3 is 2.96 bits per heavy atom. The minimum Gasteiger partial charge on any atom is -0.435 e. The first-order valence-electron chi connectivity index (χ1n) is 7.17. The van der Waals surface area contributed by atoms with Crippen molar-refractivity contribution in [3.63, 3.8) is 0 Å². The highest BCUT2D eigenvalue weighted by atomic mass is 79.9. The lowest BCUT2D eigenvalue weighted by Crippen LogP contribution is -2.33. The van der Waals surface area contributed by atoms with Crippen molar-refractivity contribution >= 4 is 39.8 Å². The van der Waals surface area contributed by atoms with Crippen LogP contribution in [-0.4, -0.2) is 40.4 Å². The van der Waals surface area contributed by atoms with Gasteiger partial charge in [-0.3, -0.25) is 14.3 Å². The highest BCUT2D eigenvalue weighted by Gasteiger charge is 2.36. The number of H-pyrrole nitrogens is 1. The number of halogens is 2. The van der Waals surface area contributed by atoms with Crippen molar-refractivity contribution in [2.75, 3.05) is 13.2 Å². The quantitative estimate of drug-likeness (QED) is 0.574. The van der Waals surface area contributed by atoms with E-state index >= 15 is 0 Å². The standard InChI is InChI=1S/C14H16BrClN2O6/c1-2-22-14(21)23-7-10-9(16)5-11(24-10)18-6-8(3-4-15)12(19)17-13(18)20/h3-4,6,9-11H,2,5,7H2,1H3,(H,17,19,20)/b4-3+/t9-,10+,11+/m0/s1. The van der Waals surface area contributed by atoms with Crippen LogP contribution in [0.4, 0.5) is 4.79 Å². The Morgan fingerprint density at radius 1 is 1.54 bits per heavy atom. The van der Waals surface area contributed by atoms with Crippen LogP contribution >= 0.6 is 27.5 Å². The molecule has 1 saturated heterocycles. The van der Waals surface area contributed by atoms with E-state index in [1.807, 2.05) is 0 Å². The van der Waals surface area contributed by atoms with Gasteiger partial charge in [0.2, 0.25) is 0 Å². The van der Waals surface area contributed by atoms with Gasteiger partial charge in [-0.25, -0.2) is 9.59 Å². The van der Waals surface area contributed by atoms with Crippen LogP contribution in [0.3, 0.4) is 0 Å². The molecule has 1 N–H and O–H groups in total. The number of carbonyl (C=O) groups excluding carboxylic acids is 1. The molecule has 0 unspecified atom stereocenters. The number of aromatic nitrogens is 2. The van der Waals surface area contributed by atoms with Crippen LogP contribution in [0, 0.1) is 0 Å². The highest BCUT2D eigenvalue weighted by molar-refractivity contribution is 9.11. The summed E-state index contributed by atoms with van der Waals surface area (Å²) in [5, 5.41) is -0.460. The number of aromatic amines is 1. The first kappa shape index (κ1) is 18.8. The molecule has 1 fully saturated rings. The zero-order valence-electron chi connectivity index (χ0n) is 12.7. The van der Waals surface area contributed by atoms with Crippen LogP contribution in [0.25, 0.3) is 6.08 Å². The van der Waals surface area contributed by atoms with Crippen LogP contribution in [0.5, 0.6) is 0 Å². The molecule has 1 aromatic heterocycles. The lowest BCUT2D eigenvalue weighted by molar-refractivity contribution is -0.0388. The predicted octanol–water partition coefficient (Wildman–Crippen LogP) is 1.97. The number of carbonyl (C=O) groups is 1. The van der Waals surface area contributed by atoms with E-state index in [0.29, 0.717) is 6.42 Å². The van der Waals surface area contributed by atoms with Gasteiger partial charge in [-0.05, 0) is 18.0 Å². The predicted molar refractivity (Wildman–Crippen MR) is 90.4 cm³/mol. The van der Waals surface area contributed by atoms with Gasteiger partial charge >= 0.3 is 11.8 Å². The molecule has 0 aromatic carbocycles. The van der Waals surface area contributed by atoms with Gasteiger partial charge in [-0.2, -0.15) is 0 Å². The van der Waals surface area contributed by atoms with E-state index in [2.05, 4.69) is 25.7 Å². The minimum absolute atomic E-state index is 0.0875. The third-order valence-corrected chi connectivity index (χ3v) is 4.06. The van der Waals surface area contributed by atoms with E-state index in [9.17, 15) is 14.4 Å². The Hall–Kier alpha value is -1.58. The molecule has 0 saturated carbocycles. The first-order valence-corrected chi connectivity index (χ1v) is 8.52. The number of hydrogen-bond donors (Lipinski definition) is 1. The van der Waals surface area contributed by atoms with Gasteiger partial charge in [-0.15, -0.1) is 11.6 Å². The molecule has 132 valence electrons. The van der Waals surface area contributed by atoms with E-state index in [1.165, 1.54) is 21.8 Å². The maximum Gasteiger partial charge on any atom is 0.508 e. The van der Waals surface area contributed by atoms with Crippen LogP contribution in [0.15, 0.2) is 20.8 Å². The fourth-order valence-electron chi connectivity index (χ4n) is 2.22. The summed E-state index contributed by atoms with van der Waals surface area (Å²) in [6, 6.07) is 0. The maximum absolute atomic E-state index is 12.0. The number of nitrogens with zero attached hydrogens (tertiary/aromatic N) is 1. The Bertz CT molecular complexity index is 731. The molecular weight excluding hydrogens is 408 g/mol. The van der Waals surface area contributed by atoms with Crippen molar-refractivity contribution in [3.05, 3.63) is 37.6 Å². The van der Waals surface area contributed by atoms with Gasteiger partial charge < -0.3 is 14.2 Å². The third-order valence-electron chi connectivity index (χ3n) is 3.34. The van der Waals surface area contributed by atoms with Crippen molar-refractivity contribution in [3.8, 4) is 0 Å². The zero-order valence-corrected chi connectivity index (χ0v) is 15.1. The van der Waals surface area contributed by atoms with E-state index < -0.39 is 35.1 Å². The smallest absolute Gasteiger partial charge is 0.435 e. The van der Waals surface area contributed by atoms with Gasteiger partial charge in [0.15, 0.2) is 0 Å². The maximum atomic E-state index is 12.0. The van der Waals surface area contributed by atoms with E-state index in [1.54, 1.807) is 6.92 Å². The van der Waals surface area contributed by atoms with Gasteiger partial charge in [0.25, 0.3) is 5.56 Å². The summed E-state index contributed by atoms with van der Waals surface area (Å²) in [6.45, 7) is 1.78. The van der Waals surface area contributed by atoms with Crippen molar-refractivity contribution < 1.29 is 19.0 Å². The van der Waals surface area contributed by atoms with E-state index in [0.717, 1.165) is 0 Å². The van der Waals surface area contributed by atoms with Gasteiger partial charge in [-0.1, -0.05) is 15.9 Å². The lowest BCUT2D eigenvalue weighted by Gasteiger charge is -2.16. The SMILES string of the molecule is CCOC(=O)OC[C@H]1O[C@@H](n2cc(/C=C/Br)c(=O)[nH]c2=O)C[C@@H]1Cl. The zero-order chi connectivity index (χ0) is 17.7. The van der Waals surface area contributed by atoms with Crippen molar-refractivity contribution in [2.24, 2.45) is 0 Å². The molecule has 8 nitrogen and oxygen atoms in total. The molecule has 0 spiro atoms. The summed E-state index contributed by atoms with van der Waals surface area (Å²) in [6.07, 6.45) is 1.15. The molecule has 0 bridgehead atoms. The Kier molecular flexibility index (Phi) is 6.64. The number of rotatable bonds is 5. The summed E-state index contributed by atoms with van der Waals surface area (Å²) in [5.74, 6) is 0. The molecule has 2 heterocycles. The first-order chi connectivity index (χ1) is 11.5. The lowest BCUT2D eigenvalue weighted by atomic mass is 10.2. The molecule has 3 atom stereocenters. The fraction of sp³-hybridized carbons (Fsp3) is 0.500. The van der Waals surface area contributed by atoms with E-state index in [-0.39, 0.29) is 18.8 Å². The molecule has 2 rings (SSSR count). The Morgan fingerprint density at radius 2 is 2.29 bits per heavy atom. The van der Waals surface area contributed by atoms with Crippen molar-refractivity contribution in [1.82, 2.24) is 9.55 Å². The molecule has 1 aliphatic rings. The van der Waals surface area contributed by atoms with E-state index in [4.69, 9.17) is 21.1 Å². The summed E-state index contributed by atoms with van der Waals surface area (Å²) < 4.78 is 16.5. The minimum atomic E-state index is -0.806. The van der Waals surface area contributed by atoms with Crippen LogP contribution in [-0.2, 0) is 14.2 Å². The molecule has 1 aromatic rings. The molecule has 0 aliphatic carbocycles.